The van der Waals surface area contributed by atoms with Crippen molar-refractivity contribution < 1.29 is 14.4 Å². The Morgan fingerprint density at radius 3 is 2.75 bits per heavy atom. The number of nitrogens with zero attached hydrogens (tertiary/aromatic N) is 1. The van der Waals surface area contributed by atoms with Crippen LogP contribution in [-0.4, -0.2) is 17.1 Å². The van der Waals surface area contributed by atoms with E-state index in [0.717, 1.165) is 6.26 Å². The van der Waals surface area contributed by atoms with Crippen molar-refractivity contribution in [1.29, 1.82) is 0 Å². The first-order valence-electron chi connectivity index (χ1n) is 3.53. The summed E-state index contributed by atoms with van der Waals surface area (Å²) in [5.41, 5.74) is -0.0521. The summed E-state index contributed by atoms with van der Waals surface area (Å²) < 4.78 is 4.32. The van der Waals surface area contributed by atoms with Crippen LogP contribution >= 0.6 is 0 Å². The van der Waals surface area contributed by atoms with E-state index in [-0.39, 0.29) is 11.6 Å². The van der Waals surface area contributed by atoms with Crippen molar-refractivity contribution in [3.8, 4) is 5.88 Å². The highest BCUT2D eigenvalue weighted by atomic mass is 16.5. The van der Waals surface area contributed by atoms with Crippen LogP contribution in [0, 0.1) is 0 Å². The zero-order valence-corrected chi connectivity index (χ0v) is 6.83. The minimum atomic E-state index is -0.631. The highest BCUT2D eigenvalue weighted by Crippen LogP contribution is 2.13. The van der Waals surface area contributed by atoms with Gasteiger partial charge in [-0.3, -0.25) is 9.90 Å². The van der Waals surface area contributed by atoms with E-state index in [0.29, 0.717) is 0 Å². The molecule has 0 aliphatic heterocycles. The highest BCUT2D eigenvalue weighted by molar-refractivity contribution is 5.95. The van der Waals surface area contributed by atoms with Gasteiger partial charge >= 0.3 is 5.88 Å². The third-order valence-electron chi connectivity index (χ3n) is 1.20. The third kappa shape index (κ3) is 1.75. The molecule has 5 nitrogen and oxygen atoms in total. The maximum Gasteiger partial charge on any atom is 0.321 e. The number of nitrogens with one attached hydrogen (secondary N) is 1. The van der Waals surface area contributed by atoms with Crippen molar-refractivity contribution in [2.24, 2.45) is 0 Å². The summed E-state index contributed by atoms with van der Waals surface area (Å²) >= 11 is 0. The van der Waals surface area contributed by atoms with E-state index in [1.165, 1.54) is 0 Å². The lowest BCUT2D eigenvalue weighted by Crippen LogP contribution is -2.29. The van der Waals surface area contributed by atoms with Gasteiger partial charge < -0.3 is 9.84 Å². The lowest BCUT2D eigenvalue weighted by Gasteiger charge is -2.04. The van der Waals surface area contributed by atoms with E-state index >= 15 is 0 Å². The SMILES string of the molecule is CC(C)NC(=O)c1conc1[O]. The van der Waals surface area contributed by atoms with E-state index < -0.39 is 11.8 Å². The Hall–Kier alpha value is -1.52. The van der Waals surface area contributed by atoms with Crippen LogP contribution in [0.4, 0.5) is 0 Å². The monoisotopic (exact) mass is 169 g/mol. The van der Waals surface area contributed by atoms with Crippen LogP contribution in [0.3, 0.4) is 0 Å². The molecular weight excluding hydrogens is 160 g/mol. The second kappa shape index (κ2) is 3.25. The van der Waals surface area contributed by atoms with Crippen LogP contribution in [0.2, 0.25) is 0 Å². The molecular formula is C7H9N2O3. The molecule has 0 unspecified atom stereocenters. The number of hydrogen-bond donors (Lipinski definition) is 1. The van der Waals surface area contributed by atoms with E-state index in [9.17, 15) is 9.90 Å². The molecule has 0 fully saturated rings. The van der Waals surface area contributed by atoms with Gasteiger partial charge in [0.1, 0.15) is 11.8 Å². The summed E-state index contributed by atoms with van der Waals surface area (Å²) in [6, 6.07) is -0.00759. The predicted molar refractivity (Wildman–Crippen MR) is 39.2 cm³/mol. The minimum Gasteiger partial charge on any atom is -0.360 e. The van der Waals surface area contributed by atoms with Gasteiger partial charge in [-0.1, -0.05) is 0 Å². The van der Waals surface area contributed by atoms with Gasteiger partial charge in [-0.2, -0.15) is 0 Å². The van der Waals surface area contributed by atoms with Crippen LogP contribution in [-0.2, 0) is 5.11 Å². The highest BCUT2D eigenvalue weighted by Gasteiger charge is 2.16. The molecule has 0 aliphatic carbocycles. The Balaban J connectivity index is 2.72. The van der Waals surface area contributed by atoms with Crippen LogP contribution in [0.15, 0.2) is 10.8 Å². The van der Waals surface area contributed by atoms with Crippen LogP contribution in [0.1, 0.15) is 24.2 Å². The molecule has 1 aromatic heterocycles. The van der Waals surface area contributed by atoms with E-state index in [1.54, 1.807) is 13.8 Å². The second-order valence-electron chi connectivity index (χ2n) is 2.66. The van der Waals surface area contributed by atoms with E-state index in [2.05, 4.69) is 15.0 Å². The largest absolute Gasteiger partial charge is 0.360 e. The Labute approximate surface area is 69.4 Å². The van der Waals surface area contributed by atoms with Crippen molar-refractivity contribution in [1.82, 2.24) is 10.5 Å². The fraction of sp³-hybridized carbons (Fsp3) is 0.429. The fourth-order valence-electron chi connectivity index (χ4n) is 0.717. The van der Waals surface area contributed by atoms with Crippen LogP contribution in [0.5, 0.6) is 5.88 Å². The molecule has 1 rings (SSSR count). The Kier molecular flexibility index (Phi) is 2.32. The van der Waals surface area contributed by atoms with Crippen molar-refractivity contribution in [2.45, 2.75) is 19.9 Å². The molecule has 1 radical (unpaired) electrons. The Morgan fingerprint density at radius 1 is 1.67 bits per heavy atom. The Bertz CT molecular complexity index is 280. The van der Waals surface area contributed by atoms with E-state index in [4.69, 9.17) is 0 Å². The zero-order chi connectivity index (χ0) is 9.14. The van der Waals surface area contributed by atoms with Gasteiger partial charge in [0, 0.05) is 6.04 Å². The van der Waals surface area contributed by atoms with Crippen molar-refractivity contribution in [2.75, 3.05) is 0 Å². The van der Waals surface area contributed by atoms with Gasteiger partial charge in [0.25, 0.3) is 5.91 Å². The van der Waals surface area contributed by atoms with Crippen LogP contribution < -0.4 is 5.32 Å². The van der Waals surface area contributed by atoms with Crippen LogP contribution in [0.25, 0.3) is 0 Å². The quantitative estimate of drug-likeness (QED) is 0.716. The minimum absolute atomic E-state index is 0.00759. The number of carbonyl (C=O) groups is 1. The standard InChI is InChI=1S/C7H9N2O3/c1-4(2)8-6(10)5-3-12-9-7(5)11/h3-4H,1-2H3,(H,8,10). The van der Waals surface area contributed by atoms with Gasteiger partial charge in [0.05, 0.1) is 0 Å². The van der Waals surface area contributed by atoms with Gasteiger partial charge in [-0.15, -0.1) is 0 Å². The number of hydrogen-bond acceptors (Lipinski definition) is 3. The number of carbonyl (C=O) groups excluding carboxylic acids is 1. The normalized spacial score (nSPS) is 10.2. The first kappa shape index (κ1) is 8.58. The summed E-state index contributed by atoms with van der Waals surface area (Å²) in [6.07, 6.45) is 1.04. The van der Waals surface area contributed by atoms with Gasteiger partial charge in [0.2, 0.25) is 0 Å². The average Bonchev–Trinajstić information content (AvgIpc) is 2.33. The number of amides is 1. The first-order chi connectivity index (χ1) is 5.61. The molecule has 1 aromatic rings. The third-order valence-corrected chi connectivity index (χ3v) is 1.20. The van der Waals surface area contributed by atoms with Crippen molar-refractivity contribution in [3.63, 3.8) is 0 Å². The topological polar surface area (TPSA) is 75.0 Å². The Morgan fingerprint density at radius 2 is 2.33 bits per heavy atom. The second-order valence-corrected chi connectivity index (χ2v) is 2.66. The lowest BCUT2D eigenvalue weighted by atomic mass is 10.3. The molecule has 0 aromatic carbocycles. The van der Waals surface area contributed by atoms with Gasteiger partial charge in [-0.05, 0) is 19.0 Å². The molecule has 5 heteroatoms. The van der Waals surface area contributed by atoms with Crippen molar-refractivity contribution >= 4 is 5.91 Å². The summed E-state index contributed by atoms with van der Waals surface area (Å²) in [7, 11) is 0. The summed E-state index contributed by atoms with van der Waals surface area (Å²) in [6.45, 7) is 3.60. The van der Waals surface area contributed by atoms with Crippen molar-refractivity contribution in [3.05, 3.63) is 11.8 Å². The van der Waals surface area contributed by atoms with E-state index in [1.807, 2.05) is 0 Å². The summed E-state index contributed by atoms with van der Waals surface area (Å²) in [5, 5.41) is 16.4. The van der Waals surface area contributed by atoms with Gasteiger partial charge in [0.15, 0.2) is 0 Å². The molecule has 1 heterocycles. The molecule has 1 amide bonds. The molecule has 1 N–H and O–H groups in total. The maximum absolute atomic E-state index is 11.1. The predicted octanol–water partition coefficient (Wildman–Crippen LogP) is 0.957. The summed E-state index contributed by atoms with van der Waals surface area (Å²) in [4.78, 5) is 11.1. The molecule has 65 valence electrons. The number of rotatable bonds is 2. The lowest BCUT2D eigenvalue weighted by molar-refractivity contribution is 0.0938. The molecule has 0 spiro atoms. The molecule has 0 saturated carbocycles. The molecule has 0 aliphatic rings. The fourth-order valence-corrected chi connectivity index (χ4v) is 0.717. The molecule has 0 saturated heterocycles. The molecule has 0 atom stereocenters. The number of aromatic nitrogens is 1. The summed E-state index contributed by atoms with van der Waals surface area (Å²) in [5.74, 6) is -1.08. The smallest absolute Gasteiger partial charge is 0.321 e. The first-order valence-corrected chi connectivity index (χ1v) is 3.53. The zero-order valence-electron chi connectivity index (χ0n) is 6.83. The molecule has 12 heavy (non-hydrogen) atoms. The average molecular weight is 169 g/mol. The molecule has 0 bridgehead atoms. The van der Waals surface area contributed by atoms with Gasteiger partial charge in [-0.25, -0.2) is 0 Å². The maximum atomic E-state index is 11.1.